The first-order valence-electron chi connectivity index (χ1n) is 15.7. The van der Waals surface area contributed by atoms with Crippen molar-refractivity contribution in [3.05, 3.63) is 163 Å². The molecule has 1 aliphatic carbocycles. The number of fused-ring (bicyclic) bond motifs is 9. The summed E-state index contributed by atoms with van der Waals surface area (Å²) >= 11 is 0. The van der Waals surface area contributed by atoms with Crippen molar-refractivity contribution < 1.29 is 0 Å². The lowest BCUT2D eigenvalue weighted by molar-refractivity contribution is 0.952. The molecule has 45 heavy (non-hydrogen) atoms. The van der Waals surface area contributed by atoms with E-state index in [2.05, 4.69) is 165 Å². The molecular formula is C42H29N3. The van der Waals surface area contributed by atoms with Gasteiger partial charge in [0.2, 0.25) is 0 Å². The van der Waals surface area contributed by atoms with Gasteiger partial charge in [0.1, 0.15) is 0 Å². The third kappa shape index (κ3) is 3.46. The number of benzene rings is 6. The summed E-state index contributed by atoms with van der Waals surface area (Å²) in [5, 5.41) is 6.42. The van der Waals surface area contributed by atoms with E-state index in [1.165, 1.54) is 71.5 Å². The Kier molecular flexibility index (Phi) is 5.11. The van der Waals surface area contributed by atoms with Crippen molar-refractivity contribution in [1.82, 2.24) is 13.7 Å². The van der Waals surface area contributed by atoms with Crippen LogP contribution in [-0.2, 0) is 12.8 Å². The molecule has 9 aromatic rings. The zero-order valence-electron chi connectivity index (χ0n) is 24.7. The maximum atomic E-state index is 2.52. The first-order valence-corrected chi connectivity index (χ1v) is 15.7. The Bertz CT molecular complexity index is 2420. The maximum Gasteiger partial charge on any atom is 0.0541 e. The number of hydrogen-bond donors (Lipinski definition) is 0. The lowest BCUT2D eigenvalue weighted by Crippen LogP contribution is -2.07. The molecule has 3 nitrogen and oxygen atoms in total. The molecule has 3 heteroatoms. The molecule has 0 saturated carbocycles. The standard InChI is InChI=1S/C42H29N3/c1-7-19-37-31(13-1)32-14-2-8-20-38(32)43(37)28-25-29(44-39-21-9-3-15-33(39)34-16-4-10-22-40(34)44)27-30(26-28)45-41-23-11-5-17-35(41)36-18-6-12-24-42(36)45/h1-17,19-23,25-27H,18,24H2. The molecule has 0 aliphatic heterocycles. The van der Waals surface area contributed by atoms with Crippen LogP contribution in [-0.4, -0.2) is 13.7 Å². The highest BCUT2D eigenvalue weighted by Gasteiger charge is 2.21. The van der Waals surface area contributed by atoms with E-state index in [0.717, 1.165) is 24.2 Å². The number of aromatic nitrogens is 3. The summed E-state index contributed by atoms with van der Waals surface area (Å²) in [4.78, 5) is 0. The van der Waals surface area contributed by atoms with Gasteiger partial charge in [0, 0.05) is 39.0 Å². The van der Waals surface area contributed by atoms with Gasteiger partial charge >= 0.3 is 0 Å². The minimum Gasteiger partial charge on any atom is -0.313 e. The Balaban J connectivity index is 1.36. The van der Waals surface area contributed by atoms with Crippen LogP contribution in [0, 0.1) is 0 Å². The minimum atomic E-state index is 0.925. The smallest absolute Gasteiger partial charge is 0.0541 e. The van der Waals surface area contributed by atoms with E-state index in [0.29, 0.717) is 0 Å². The number of hydrogen-bond acceptors (Lipinski definition) is 0. The molecule has 0 radical (unpaired) electrons. The van der Waals surface area contributed by atoms with Gasteiger partial charge in [-0.1, -0.05) is 103 Å². The first kappa shape index (κ1) is 24.6. The molecule has 0 bridgehead atoms. The maximum absolute atomic E-state index is 2.52. The highest BCUT2D eigenvalue weighted by atomic mass is 15.0. The van der Waals surface area contributed by atoms with Gasteiger partial charge in [-0.2, -0.15) is 0 Å². The van der Waals surface area contributed by atoms with Crippen LogP contribution < -0.4 is 0 Å². The zero-order valence-corrected chi connectivity index (χ0v) is 24.7. The molecule has 0 spiro atoms. The molecule has 0 fully saturated rings. The topological polar surface area (TPSA) is 14.8 Å². The fourth-order valence-corrected chi connectivity index (χ4v) is 7.86. The van der Waals surface area contributed by atoms with Crippen LogP contribution in [0.2, 0.25) is 0 Å². The van der Waals surface area contributed by atoms with Gasteiger partial charge in [0.25, 0.3) is 0 Å². The SMILES string of the molecule is C1=CCc2c(c3ccccc3n2-c2cc(-n3c4ccccc4c4ccccc43)cc(-n3c4ccccc4c4ccccc43)c2)C1. The van der Waals surface area contributed by atoms with Crippen molar-refractivity contribution in [2.24, 2.45) is 0 Å². The Morgan fingerprint density at radius 1 is 0.333 bits per heavy atom. The Hall–Kier alpha value is -5.80. The predicted octanol–water partition coefficient (Wildman–Crippen LogP) is 10.5. The zero-order chi connectivity index (χ0) is 29.5. The Morgan fingerprint density at radius 2 is 0.667 bits per heavy atom. The monoisotopic (exact) mass is 575 g/mol. The fraction of sp³-hybridized carbons (Fsp3) is 0.0476. The van der Waals surface area contributed by atoms with Gasteiger partial charge in [-0.3, -0.25) is 0 Å². The number of nitrogens with zero attached hydrogens (tertiary/aromatic N) is 3. The number of para-hydroxylation sites is 5. The summed E-state index contributed by atoms with van der Waals surface area (Å²) in [7, 11) is 0. The molecule has 0 unspecified atom stereocenters. The van der Waals surface area contributed by atoms with Gasteiger partial charge in [-0.25, -0.2) is 0 Å². The molecule has 0 amide bonds. The van der Waals surface area contributed by atoms with Crippen molar-refractivity contribution in [1.29, 1.82) is 0 Å². The molecule has 0 atom stereocenters. The normalized spacial score (nSPS) is 13.1. The van der Waals surface area contributed by atoms with E-state index in [9.17, 15) is 0 Å². The Morgan fingerprint density at radius 3 is 1.11 bits per heavy atom. The minimum absolute atomic E-state index is 0.925. The second-order valence-corrected chi connectivity index (χ2v) is 12.1. The van der Waals surface area contributed by atoms with Crippen LogP contribution >= 0.6 is 0 Å². The molecule has 0 saturated heterocycles. The molecular weight excluding hydrogens is 546 g/mol. The largest absolute Gasteiger partial charge is 0.313 e. The molecule has 1 aliphatic rings. The lowest BCUT2D eigenvalue weighted by Gasteiger charge is -2.19. The second kappa shape index (κ2) is 9.35. The lowest BCUT2D eigenvalue weighted by atomic mass is 10.0. The Labute approximate surface area is 260 Å². The molecule has 212 valence electrons. The van der Waals surface area contributed by atoms with Crippen molar-refractivity contribution in [3.8, 4) is 17.1 Å². The van der Waals surface area contributed by atoms with E-state index in [1.807, 2.05) is 0 Å². The van der Waals surface area contributed by atoms with Crippen LogP contribution in [0.25, 0.3) is 71.6 Å². The van der Waals surface area contributed by atoms with Crippen LogP contribution in [0.1, 0.15) is 11.3 Å². The van der Waals surface area contributed by atoms with E-state index in [4.69, 9.17) is 0 Å². The van der Waals surface area contributed by atoms with E-state index in [-0.39, 0.29) is 0 Å². The van der Waals surface area contributed by atoms with Crippen molar-refractivity contribution in [2.75, 3.05) is 0 Å². The summed E-state index contributed by atoms with van der Waals surface area (Å²) in [5.74, 6) is 0. The van der Waals surface area contributed by atoms with Gasteiger partial charge < -0.3 is 13.7 Å². The van der Waals surface area contributed by atoms with Gasteiger partial charge in [0.15, 0.2) is 0 Å². The molecule has 3 aromatic heterocycles. The summed E-state index contributed by atoms with van der Waals surface area (Å²) in [5.41, 5.74) is 12.4. The van der Waals surface area contributed by atoms with Gasteiger partial charge in [0.05, 0.1) is 44.6 Å². The van der Waals surface area contributed by atoms with Crippen LogP contribution in [0.15, 0.2) is 152 Å². The molecule has 10 rings (SSSR count). The first-order chi connectivity index (χ1) is 22.3. The van der Waals surface area contributed by atoms with Crippen LogP contribution in [0.4, 0.5) is 0 Å². The third-order valence-electron chi connectivity index (χ3n) is 9.71. The quantitative estimate of drug-likeness (QED) is 0.186. The van der Waals surface area contributed by atoms with Gasteiger partial charge in [-0.15, -0.1) is 0 Å². The average molecular weight is 576 g/mol. The van der Waals surface area contributed by atoms with Crippen LogP contribution in [0.3, 0.4) is 0 Å². The van der Waals surface area contributed by atoms with Crippen molar-refractivity contribution in [2.45, 2.75) is 12.8 Å². The summed E-state index contributed by atoms with van der Waals surface area (Å²) in [6.45, 7) is 0. The highest BCUT2D eigenvalue weighted by molar-refractivity contribution is 6.10. The van der Waals surface area contributed by atoms with Crippen LogP contribution in [0.5, 0.6) is 0 Å². The van der Waals surface area contributed by atoms with Gasteiger partial charge in [-0.05, 0) is 60.5 Å². The van der Waals surface area contributed by atoms with Crippen molar-refractivity contribution in [3.63, 3.8) is 0 Å². The predicted molar refractivity (Wildman–Crippen MR) is 189 cm³/mol. The van der Waals surface area contributed by atoms with Crippen molar-refractivity contribution >= 4 is 54.5 Å². The van der Waals surface area contributed by atoms with E-state index >= 15 is 0 Å². The second-order valence-electron chi connectivity index (χ2n) is 12.1. The molecule has 0 N–H and O–H groups in total. The summed E-state index contributed by atoms with van der Waals surface area (Å²) < 4.78 is 7.41. The molecule has 6 aromatic carbocycles. The summed E-state index contributed by atoms with van der Waals surface area (Å²) in [6, 6.07) is 51.2. The van der Waals surface area contributed by atoms with E-state index in [1.54, 1.807) is 0 Å². The highest BCUT2D eigenvalue weighted by Crippen LogP contribution is 2.39. The number of allylic oxidation sites excluding steroid dienone is 2. The average Bonchev–Trinajstić information content (AvgIpc) is 3.74. The molecule has 3 heterocycles. The fourth-order valence-electron chi connectivity index (χ4n) is 7.86. The van der Waals surface area contributed by atoms with E-state index < -0.39 is 0 Å². The third-order valence-corrected chi connectivity index (χ3v) is 9.71. The summed E-state index contributed by atoms with van der Waals surface area (Å²) in [6.07, 6.45) is 6.53. The number of rotatable bonds is 3.